The fourth-order valence-electron chi connectivity index (χ4n) is 2.13. The van der Waals surface area contributed by atoms with Crippen LogP contribution in [0.4, 0.5) is 5.69 Å². The number of amides is 2. The fourth-order valence-corrected chi connectivity index (χ4v) is 2.13. The Morgan fingerprint density at radius 1 is 1.14 bits per heavy atom. The lowest BCUT2D eigenvalue weighted by molar-refractivity contribution is -0.128. The number of nitrogens with one attached hydrogen (secondary N) is 1. The van der Waals surface area contributed by atoms with E-state index >= 15 is 0 Å². The van der Waals surface area contributed by atoms with Crippen molar-refractivity contribution in [1.82, 2.24) is 9.80 Å². The molecule has 0 aliphatic heterocycles. The average molecular weight is 305 g/mol. The molecular weight excluding hydrogens is 278 g/mol. The van der Waals surface area contributed by atoms with Gasteiger partial charge in [-0.15, -0.1) is 0 Å². The Morgan fingerprint density at radius 2 is 1.82 bits per heavy atom. The molecule has 122 valence electrons. The molecular formula is C17H27N3O2. The smallest absolute Gasteiger partial charge is 0.238 e. The number of aryl methyl sites for hydroxylation is 1. The van der Waals surface area contributed by atoms with E-state index in [9.17, 15) is 9.59 Å². The van der Waals surface area contributed by atoms with E-state index in [0.29, 0.717) is 19.4 Å². The largest absolute Gasteiger partial charge is 0.349 e. The minimum Gasteiger partial charge on any atom is -0.349 e. The van der Waals surface area contributed by atoms with Gasteiger partial charge in [-0.25, -0.2) is 0 Å². The van der Waals surface area contributed by atoms with E-state index in [1.807, 2.05) is 38.1 Å². The van der Waals surface area contributed by atoms with Gasteiger partial charge in [0.05, 0.1) is 6.54 Å². The van der Waals surface area contributed by atoms with Gasteiger partial charge in [-0.1, -0.05) is 26.0 Å². The molecule has 0 unspecified atom stereocenters. The van der Waals surface area contributed by atoms with Crippen LogP contribution in [0.2, 0.25) is 0 Å². The Balaban J connectivity index is 2.56. The highest BCUT2D eigenvalue weighted by Gasteiger charge is 2.08. The first-order chi connectivity index (χ1) is 10.5. The lowest BCUT2D eigenvalue weighted by Gasteiger charge is -2.17. The van der Waals surface area contributed by atoms with Crippen molar-refractivity contribution < 1.29 is 9.59 Å². The summed E-state index contributed by atoms with van der Waals surface area (Å²) in [5, 5.41) is 2.92. The third kappa shape index (κ3) is 6.26. The van der Waals surface area contributed by atoms with Crippen molar-refractivity contribution in [2.45, 2.75) is 26.7 Å². The Labute approximate surface area is 133 Å². The molecule has 1 aromatic rings. The molecule has 0 atom stereocenters. The summed E-state index contributed by atoms with van der Waals surface area (Å²) < 4.78 is 0. The molecule has 2 amide bonds. The van der Waals surface area contributed by atoms with Crippen LogP contribution in [0.5, 0.6) is 0 Å². The Kier molecular flexibility index (Phi) is 7.60. The zero-order valence-corrected chi connectivity index (χ0v) is 14.1. The Bertz CT molecular complexity index is 496. The molecule has 0 heterocycles. The van der Waals surface area contributed by atoms with Crippen LogP contribution in [0.25, 0.3) is 0 Å². The van der Waals surface area contributed by atoms with Gasteiger partial charge < -0.3 is 10.2 Å². The van der Waals surface area contributed by atoms with E-state index in [1.165, 1.54) is 0 Å². The number of hydrogen-bond donors (Lipinski definition) is 1. The van der Waals surface area contributed by atoms with Crippen LogP contribution in [-0.2, 0) is 16.0 Å². The molecule has 0 radical (unpaired) electrons. The van der Waals surface area contributed by atoms with Crippen LogP contribution in [0.15, 0.2) is 24.3 Å². The average Bonchev–Trinajstić information content (AvgIpc) is 2.50. The summed E-state index contributed by atoms with van der Waals surface area (Å²) in [7, 11) is 3.51. The van der Waals surface area contributed by atoms with Gasteiger partial charge in [-0.2, -0.15) is 0 Å². The fraction of sp³-hybridized carbons (Fsp3) is 0.529. The normalized spacial score (nSPS) is 10.6. The summed E-state index contributed by atoms with van der Waals surface area (Å²) in [5.41, 5.74) is 1.84. The molecule has 0 aromatic heterocycles. The lowest BCUT2D eigenvalue weighted by atomic mass is 10.1. The van der Waals surface area contributed by atoms with Crippen molar-refractivity contribution >= 4 is 17.5 Å². The minimum absolute atomic E-state index is 0.00906. The first-order valence-corrected chi connectivity index (χ1v) is 7.77. The highest BCUT2D eigenvalue weighted by Crippen LogP contribution is 2.12. The third-order valence-electron chi connectivity index (χ3n) is 3.60. The van der Waals surface area contributed by atoms with Crippen molar-refractivity contribution in [3.05, 3.63) is 29.8 Å². The summed E-state index contributed by atoms with van der Waals surface area (Å²) >= 11 is 0. The van der Waals surface area contributed by atoms with E-state index < -0.39 is 0 Å². The van der Waals surface area contributed by atoms with Crippen molar-refractivity contribution in [3.63, 3.8) is 0 Å². The second-order valence-corrected chi connectivity index (χ2v) is 5.50. The zero-order chi connectivity index (χ0) is 16.5. The summed E-state index contributed by atoms with van der Waals surface area (Å²) in [6.45, 7) is 6.20. The molecule has 0 aliphatic rings. The highest BCUT2D eigenvalue weighted by atomic mass is 16.2. The predicted octanol–water partition coefficient (Wildman–Crippen LogP) is 1.99. The molecule has 1 N–H and O–H groups in total. The van der Waals surface area contributed by atoms with Crippen molar-refractivity contribution in [3.8, 4) is 0 Å². The summed E-state index contributed by atoms with van der Waals surface area (Å²) in [6, 6.07) is 7.69. The maximum absolute atomic E-state index is 12.0. The monoisotopic (exact) mass is 305 g/mol. The molecule has 22 heavy (non-hydrogen) atoms. The number of carbonyl (C=O) groups is 2. The topological polar surface area (TPSA) is 52.7 Å². The molecule has 0 bridgehead atoms. The maximum Gasteiger partial charge on any atom is 0.238 e. The summed E-state index contributed by atoms with van der Waals surface area (Å²) in [5.74, 6) is 0.0983. The first-order valence-electron chi connectivity index (χ1n) is 7.77. The number of nitrogens with zero attached hydrogens (tertiary/aromatic N) is 2. The molecule has 0 aliphatic carbocycles. The van der Waals surface area contributed by atoms with Gasteiger partial charge in [0.25, 0.3) is 0 Å². The first kappa shape index (κ1) is 18.2. The summed E-state index contributed by atoms with van der Waals surface area (Å²) in [4.78, 5) is 27.3. The molecule has 1 aromatic carbocycles. The van der Waals surface area contributed by atoms with E-state index in [0.717, 1.165) is 24.3 Å². The standard InChI is InChI=1S/C17H27N3O2/c1-5-20(6-2)13-16(21)18-15-9-7-8-14(12-15)10-11-17(22)19(3)4/h7-9,12H,5-6,10-11,13H2,1-4H3,(H,18,21). The Hall–Kier alpha value is -1.88. The van der Waals surface area contributed by atoms with Gasteiger partial charge in [-0.05, 0) is 37.2 Å². The second kappa shape index (κ2) is 9.20. The van der Waals surface area contributed by atoms with Gasteiger partial charge in [-0.3, -0.25) is 14.5 Å². The van der Waals surface area contributed by atoms with Crippen LogP contribution in [0.1, 0.15) is 25.8 Å². The van der Waals surface area contributed by atoms with Crippen LogP contribution in [0.3, 0.4) is 0 Å². The van der Waals surface area contributed by atoms with Crippen LogP contribution in [0, 0.1) is 0 Å². The molecule has 0 saturated heterocycles. The third-order valence-corrected chi connectivity index (χ3v) is 3.60. The van der Waals surface area contributed by atoms with Crippen LogP contribution >= 0.6 is 0 Å². The molecule has 0 fully saturated rings. The Morgan fingerprint density at radius 3 is 2.41 bits per heavy atom. The van der Waals surface area contributed by atoms with Crippen molar-refractivity contribution in [1.29, 1.82) is 0 Å². The lowest BCUT2D eigenvalue weighted by Crippen LogP contribution is -2.32. The van der Waals surface area contributed by atoms with E-state index in [2.05, 4.69) is 10.2 Å². The molecule has 0 spiro atoms. The van der Waals surface area contributed by atoms with Crippen LogP contribution in [-0.4, -0.2) is 55.3 Å². The number of carbonyl (C=O) groups excluding carboxylic acids is 2. The highest BCUT2D eigenvalue weighted by molar-refractivity contribution is 5.92. The molecule has 1 rings (SSSR count). The molecule has 0 saturated carbocycles. The number of anilines is 1. The maximum atomic E-state index is 12.0. The van der Waals surface area contributed by atoms with Crippen molar-refractivity contribution in [2.24, 2.45) is 0 Å². The number of hydrogen-bond acceptors (Lipinski definition) is 3. The number of rotatable bonds is 8. The van der Waals surface area contributed by atoms with Crippen LogP contribution < -0.4 is 5.32 Å². The van der Waals surface area contributed by atoms with Gasteiger partial charge in [0.2, 0.25) is 11.8 Å². The van der Waals surface area contributed by atoms with Gasteiger partial charge in [0.1, 0.15) is 0 Å². The second-order valence-electron chi connectivity index (χ2n) is 5.50. The van der Waals surface area contributed by atoms with Gasteiger partial charge >= 0.3 is 0 Å². The van der Waals surface area contributed by atoms with E-state index in [4.69, 9.17) is 0 Å². The number of benzene rings is 1. The van der Waals surface area contributed by atoms with Crippen molar-refractivity contribution in [2.75, 3.05) is 39.0 Å². The SMILES string of the molecule is CCN(CC)CC(=O)Nc1cccc(CCC(=O)N(C)C)c1. The zero-order valence-electron chi connectivity index (χ0n) is 14.1. The quantitative estimate of drug-likeness (QED) is 0.799. The molecule has 5 nitrogen and oxygen atoms in total. The molecule has 5 heteroatoms. The summed E-state index contributed by atoms with van der Waals surface area (Å²) in [6.07, 6.45) is 1.15. The number of likely N-dealkylation sites (N-methyl/N-ethyl adjacent to an activating group) is 1. The van der Waals surface area contributed by atoms with Gasteiger partial charge in [0.15, 0.2) is 0 Å². The van der Waals surface area contributed by atoms with E-state index in [-0.39, 0.29) is 11.8 Å². The van der Waals surface area contributed by atoms with E-state index in [1.54, 1.807) is 19.0 Å². The minimum atomic E-state index is -0.00906. The van der Waals surface area contributed by atoms with Gasteiger partial charge in [0, 0.05) is 26.2 Å². The predicted molar refractivity (Wildman–Crippen MR) is 89.9 cm³/mol.